The molecule has 0 spiro atoms. The van der Waals surface area contributed by atoms with E-state index in [0.717, 1.165) is 33.9 Å². The molecule has 6 rings (SSSR count). The van der Waals surface area contributed by atoms with Gasteiger partial charge in [0, 0.05) is 42.4 Å². The summed E-state index contributed by atoms with van der Waals surface area (Å²) in [5.74, 6) is 0.118. The van der Waals surface area contributed by atoms with Crippen LogP contribution in [0.2, 0.25) is 20.6 Å². The summed E-state index contributed by atoms with van der Waals surface area (Å²) in [7, 11) is 0. The second kappa shape index (κ2) is 13.9. The zero-order valence-electron chi connectivity index (χ0n) is 23.9. The van der Waals surface area contributed by atoms with Crippen molar-refractivity contribution in [2.75, 3.05) is 6.54 Å². The van der Waals surface area contributed by atoms with Gasteiger partial charge in [0.25, 0.3) is 5.56 Å². The fourth-order valence-corrected chi connectivity index (χ4v) is 5.85. The van der Waals surface area contributed by atoms with E-state index in [0.29, 0.717) is 36.2 Å². The lowest BCUT2D eigenvalue weighted by atomic mass is 10.0. The largest absolute Gasteiger partial charge is 0.310 e. The van der Waals surface area contributed by atoms with E-state index in [9.17, 15) is 9.59 Å². The Bertz CT molecular complexity index is 1880. The van der Waals surface area contributed by atoms with Crippen LogP contribution in [0.25, 0.3) is 28.3 Å². The number of carbonyl (C=O) groups excluding carboxylic acids is 1. The first-order valence-electron chi connectivity index (χ1n) is 13.9. The van der Waals surface area contributed by atoms with Crippen LogP contribution in [0.5, 0.6) is 0 Å². The molecule has 44 heavy (non-hydrogen) atoms. The lowest BCUT2D eigenvalue weighted by Gasteiger charge is -2.32. The molecule has 3 aromatic heterocycles. The zero-order chi connectivity index (χ0) is 31.4. The topological polar surface area (TPSA) is 78.0 Å². The van der Waals surface area contributed by atoms with E-state index in [4.69, 9.17) is 46.4 Å². The van der Waals surface area contributed by atoms with Crippen LogP contribution in [-0.2, 0) is 11.3 Å². The maximum absolute atomic E-state index is 12.3. The third-order valence-corrected chi connectivity index (χ3v) is 8.67. The predicted octanol–water partition coefficient (Wildman–Crippen LogP) is 8.19. The van der Waals surface area contributed by atoms with Gasteiger partial charge < -0.3 is 9.47 Å². The first-order valence-corrected chi connectivity index (χ1v) is 15.4. The highest BCUT2D eigenvalue weighted by Gasteiger charge is 2.28. The maximum atomic E-state index is 12.3. The quantitative estimate of drug-likeness (QED) is 0.183. The summed E-state index contributed by atoms with van der Waals surface area (Å²) in [6.45, 7) is 5.05. The number of imidazole rings is 2. The summed E-state index contributed by atoms with van der Waals surface area (Å²) in [5, 5.41) is 1.19. The van der Waals surface area contributed by atoms with Crippen molar-refractivity contribution in [2.24, 2.45) is 0 Å². The Hall–Kier alpha value is -3.82. The molecule has 2 aromatic carbocycles. The number of carbonyl (C=O) groups is 1. The van der Waals surface area contributed by atoms with Gasteiger partial charge in [0.05, 0.1) is 17.1 Å². The fraction of sp³-hybridized carbons (Fsp3) is 0.188. The minimum atomic E-state index is -0.0626. The second-order valence-corrected chi connectivity index (χ2v) is 11.1. The van der Waals surface area contributed by atoms with Gasteiger partial charge in [0.15, 0.2) is 20.6 Å². The summed E-state index contributed by atoms with van der Waals surface area (Å²) in [6.07, 6.45) is 4.21. The number of hydrogen-bond donors (Lipinski definition) is 0. The average Bonchev–Trinajstić information content (AvgIpc) is 3.56. The number of hydrogen-bond acceptors (Lipinski definition) is 4. The SMILES string of the molecule is CCN1C(=O)CCC(n2cnc(Cl)c2Cl)=C1c1ccccc1.CCn1c(-c2ccccc2)c(-n2cnc(Cl)c2Cl)ccc1=O. The van der Waals surface area contributed by atoms with Crippen LogP contribution in [0, 0.1) is 0 Å². The minimum absolute atomic E-state index is 0.0626. The van der Waals surface area contributed by atoms with Crippen LogP contribution in [0.15, 0.2) is 90.2 Å². The van der Waals surface area contributed by atoms with Crippen LogP contribution >= 0.6 is 46.4 Å². The fourth-order valence-electron chi connectivity index (χ4n) is 5.20. The number of rotatable bonds is 6. The Morgan fingerprint density at radius 2 is 1.25 bits per heavy atom. The summed E-state index contributed by atoms with van der Waals surface area (Å²) in [4.78, 5) is 34.3. The zero-order valence-corrected chi connectivity index (χ0v) is 26.9. The molecule has 0 unspecified atom stereocenters. The van der Waals surface area contributed by atoms with E-state index >= 15 is 0 Å². The van der Waals surface area contributed by atoms with Gasteiger partial charge in [-0.05, 0) is 26.3 Å². The molecule has 0 N–H and O–H groups in total. The van der Waals surface area contributed by atoms with Crippen molar-refractivity contribution >= 4 is 63.7 Å². The Morgan fingerprint density at radius 1 is 0.682 bits per heavy atom. The highest BCUT2D eigenvalue weighted by atomic mass is 35.5. The number of halogens is 4. The molecule has 4 heterocycles. The van der Waals surface area contributed by atoms with Crippen molar-refractivity contribution in [3.05, 3.63) is 122 Å². The van der Waals surface area contributed by atoms with Crippen molar-refractivity contribution < 1.29 is 4.79 Å². The molecule has 0 bridgehead atoms. The van der Waals surface area contributed by atoms with Crippen LogP contribution in [-0.4, -0.2) is 41.0 Å². The molecule has 8 nitrogen and oxygen atoms in total. The number of allylic oxidation sites excluding steroid dienone is 1. The standard InChI is InChI=1S/C16H15Cl2N3O.C16H13Cl2N3O/c2*1-2-20-13(22)9-8-12(21-10-19-15(17)16(21)18)14(20)11-6-4-3-5-7-11/h3-7,10H,2,8-9H2,1H3;3-10H,2H2,1H3. The van der Waals surface area contributed by atoms with Gasteiger partial charge in [0.2, 0.25) is 5.91 Å². The number of aromatic nitrogens is 5. The minimum Gasteiger partial charge on any atom is -0.310 e. The molecule has 1 aliphatic rings. The van der Waals surface area contributed by atoms with Crippen molar-refractivity contribution in [2.45, 2.75) is 33.2 Å². The van der Waals surface area contributed by atoms with E-state index in [1.807, 2.05) is 74.5 Å². The number of pyridine rings is 1. The van der Waals surface area contributed by atoms with Gasteiger partial charge in [-0.1, -0.05) is 107 Å². The number of amides is 1. The molecule has 12 heteroatoms. The van der Waals surface area contributed by atoms with Crippen molar-refractivity contribution in [3.63, 3.8) is 0 Å². The van der Waals surface area contributed by atoms with E-state index in [1.165, 1.54) is 6.07 Å². The average molecular weight is 670 g/mol. The van der Waals surface area contributed by atoms with Gasteiger partial charge in [-0.3, -0.25) is 18.7 Å². The smallest absolute Gasteiger partial charge is 0.251 e. The molecule has 0 fully saturated rings. The van der Waals surface area contributed by atoms with E-state index in [1.54, 1.807) is 37.3 Å². The first kappa shape index (κ1) is 31.6. The molecule has 0 aliphatic carbocycles. The third kappa shape index (κ3) is 6.21. The third-order valence-electron chi connectivity index (χ3n) is 7.20. The lowest BCUT2D eigenvalue weighted by Crippen LogP contribution is -2.33. The van der Waals surface area contributed by atoms with Gasteiger partial charge in [-0.2, -0.15) is 0 Å². The molecule has 5 aromatic rings. The van der Waals surface area contributed by atoms with Crippen molar-refractivity contribution in [1.29, 1.82) is 0 Å². The number of benzene rings is 2. The Labute approximate surface area is 274 Å². The Balaban J connectivity index is 0.000000175. The van der Waals surface area contributed by atoms with Gasteiger partial charge in [0.1, 0.15) is 12.7 Å². The molecule has 226 valence electrons. The predicted molar refractivity (Wildman–Crippen MR) is 177 cm³/mol. The van der Waals surface area contributed by atoms with Gasteiger partial charge in [-0.15, -0.1) is 0 Å². The molecule has 0 saturated carbocycles. The van der Waals surface area contributed by atoms with Crippen LogP contribution in [0.1, 0.15) is 32.3 Å². The van der Waals surface area contributed by atoms with Gasteiger partial charge >= 0.3 is 0 Å². The Kier molecular flexibility index (Phi) is 9.96. The molecular formula is C32H28Cl4N6O2. The monoisotopic (exact) mass is 668 g/mol. The van der Waals surface area contributed by atoms with E-state index in [2.05, 4.69) is 9.97 Å². The van der Waals surface area contributed by atoms with Gasteiger partial charge in [-0.25, -0.2) is 9.97 Å². The van der Waals surface area contributed by atoms with Crippen LogP contribution in [0.4, 0.5) is 0 Å². The van der Waals surface area contributed by atoms with E-state index < -0.39 is 0 Å². The highest BCUT2D eigenvalue weighted by Crippen LogP contribution is 2.36. The van der Waals surface area contributed by atoms with Crippen LogP contribution in [0.3, 0.4) is 0 Å². The maximum Gasteiger partial charge on any atom is 0.251 e. The highest BCUT2D eigenvalue weighted by molar-refractivity contribution is 6.41. The molecule has 1 aliphatic heterocycles. The second-order valence-electron chi connectivity index (χ2n) is 9.71. The van der Waals surface area contributed by atoms with Crippen molar-refractivity contribution in [3.8, 4) is 16.9 Å². The normalized spacial score (nSPS) is 13.2. The summed E-state index contributed by atoms with van der Waals surface area (Å²) in [5.41, 5.74) is 5.20. The molecular weight excluding hydrogens is 642 g/mol. The molecule has 0 radical (unpaired) electrons. The van der Waals surface area contributed by atoms with E-state index in [-0.39, 0.29) is 21.8 Å². The summed E-state index contributed by atoms with van der Waals surface area (Å²) >= 11 is 24.4. The summed E-state index contributed by atoms with van der Waals surface area (Å²) in [6, 6.07) is 22.8. The van der Waals surface area contributed by atoms with Crippen molar-refractivity contribution in [1.82, 2.24) is 28.6 Å². The lowest BCUT2D eigenvalue weighted by molar-refractivity contribution is -0.128. The molecule has 0 saturated heterocycles. The number of nitrogens with zero attached hydrogens (tertiary/aromatic N) is 6. The summed E-state index contributed by atoms with van der Waals surface area (Å²) < 4.78 is 5.15. The van der Waals surface area contributed by atoms with Crippen LogP contribution < -0.4 is 5.56 Å². The Morgan fingerprint density at radius 3 is 1.77 bits per heavy atom. The molecule has 0 atom stereocenters. The molecule has 1 amide bonds. The first-order chi connectivity index (χ1) is 21.3.